The van der Waals surface area contributed by atoms with Gasteiger partial charge in [0, 0.05) is 17.5 Å². The number of carbonyl (C=O) groups excluding carboxylic acids is 1. The fourth-order valence-electron chi connectivity index (χ4n) is 2.71. The Morgan fingerprint density at radius 3 is 2.64 bits per heavy atom. The van der Waals surface area contributed by atoms with Crippen molar-refractivity contribution >= 4 is 17.7 Å². The molecule has 0 saturated heterocycles. The van der Waals surface area contributed by atoms with Crippen LogP contribution in [-0.4, -0.2) is 37.7 Å². The second-order valence-corrected chi connectivity index (χ2v) is 6.90. The number of hydrogen-bond donors (Lipinski definition) is 1. The van der Waals surface area contributed by atoms with E-state index in [4.69, 9.17) is 9.47 Å². The molecule has 0 heterocycles. The van der Waals surface area contributed by atoms with E-state index in [0.717, 1.165) is 23.1 Å². The van der Waals surface area contributed by atoms with Gasteiger partial charge in [-0.25, -0.2) is 0 Å². The first-order chi connectivity index (χ1) is 10.7. The van der Waals surface area contributed by atoms with Crippen molar-refractivity contribution in [2.45, 2.75) is 37.4 Å². The topological polar surface area (TPSA) is 47.6 Å². The van der Waals surface area contributed by atoms with Gasteiger partial charge >= 0.3 is 0 Å². The quantitative estimate of drug-likeness (QED) is 0.747. The Kier molecular flexibility index (Phi) is 6.90. The fourth-order valence-corrected chi connectivity index (χ4v) is 3.93. The van der Waals surface area contributed by atoms with Crippen molar-refractivity contribution in [1.82, 2.24) is 5.32 Å². The molecular formula is C17H25NO3S. The molecule has 1 aromatic carbocycles. The van der Waals surface area contributed by atoms with Gasteiger partial charge in [-0.15, -0.1) is 0 Å². The molecule has 0 unspecified atom stereocenters. The van der Waals surface area contributed by atoms with Crippen molar-refractivity contribution in [1.29, 1.82) is 0 Å². The fraction of sp³-hybridized carbons (Fsp3) is 0.588. The van der Waals surface area contributed by atoms with Gasteiger partial charge in [0.1, 0.15) is 0 Å². The smallest absolute Gasteiger partial charge is 0.224 e. The summed E-state index contributed by atoms with van der Waals surface area (Å²) in [5.74, 6) is 2.39. The van der Waals surface area contributed by atoms with E-state index in [-0.39, 0.29) is 5.91 Å². The average molecular weight is 323 g/mol. The first-order valence-corrected chi connectivity index (χ1v) is 8.87. The summed E-state index contributed by atoms with van der Waals surface area (Å²) in [6.07, 6.45) is 5.77. The number of amides is 1. The SMILES string of the molecule is COc1ccc(CC(=O)NCCSC2CCCC2)cc1OC. The zero-order chi connectivity index (χ0) is 15.8. The largest absolute Gasteiger partial charge is 0.493 e. The van der Waals surface area contributed by atoms with Gasteiger partial charge in [-0.2, -0.15) is 11.8 Å². The summed E-state index contributed by atoms with van der Waals surface area (Å²) in [6, 6.07) is 5.58. The predicted molar refractivity (Wildman–Crippen MR) is 91.0 cm³/mol. The second-order valence-electron chi connectivity index (χ2n) is 5.49. The third kappa shape index (κ3) is 5.13. The van der Waals surface area contributed by atoms with Crippen molar-refractivity contribution in [3.8, 4) is 11.5 Å². The Labute approximate surface area is 137 Å². The maximum absolute atomic E-state index is 12.0. The van der Waals surface area contributed by atoms with Gasteiger partial charge in [-0.1, -0.05) is 18.9 Å². The predicted octanol–water partition coefficient (Wildman–Crippen LogP) is 3.04. The first-order valence-electron chi connectivity index (χ1n) is 7.82. The lowest BCUT2D eigenvalue weighted by Gasteiger charge is -2.11. The average Bonchev–Trinajstić information content (AvgIpc) is 3.04. The number of methoxy groups -OCH3 is 2. The van der Waals surface area contributed by atoms with Crippen molar-refractivity contribution in [2.24, 2.45) is 0 Å². The highest BCUT2D eigenvalue weighted by Gasteiger charge is 2.15. The minimum Gasteiger partial charge on any atom is -0.493 e. The minimum absolute atomic E-state index is 0.0549. The molecule has 1 aromatic rings. The number of thioether (sulfide) groups is 1. The van der Waals surface area contributed by atoms with Crippen LogP contribution in [0.4, 0.5) is 0 Å². The van der Waals surface area contributed by atoms with Crippen LogP contribution in [0, 0.1) is 0 Å². The van der Waals surface area contributed by atoms with Crippen molar-refractivity contribution in [3.05, 3.63) is 23.8 Å². The Hall–Kier alpha value is -1.36. The van der Waals surface area contributed by atoms with E-state index >= 15 is 0 Å². The normalized spacial score (nSPS) is 14.8. The van der Waals surface area contributed by atoms with Crippen LogP contribution in [0.15, 0.2) is 18.2 Å². The zero-order valence-corrected chi connectivity index (χ0v) is 14.2. The van der Waals surface area contributed by atoms with E-state index < -0.39 is 0 Å². The van der Waals surface area contributed by atoms with Crippen molar-refractivity contribution in [3.63, 3.8) is 0 Å². The lowest BCUT2D eigenvalue weighted by Crippen LogP contribution is -2.27. The molecule has 1 saturated carbocycles. The van der Waals surface area contributed by atoms with Gasteiger partial charge in [0.25, 0.3) is 0 Å². The molecule has 5 heteroatoms. The molecule has 0 radical (unpaired) electrons. The van der Waals surface area contributed by atoms with Crippen molar-refractivity contribution in [2.75, 3.05) is 26.5 Å². The number of ether oxygens (including phenoxy) is 2. The van der Waals surface area contributed by atoms with Crippen molar-refractivity contribution < 1.29 is 14.3 Å². The molecule has 4 nitrogen and oxygen atoms in total. The molecule has 0 bridgehead atoms. The molecule has 1 amide bonds. The summed E-state index contributed by atoms with van der Waals surface area (Å²) < 4.78 is 10.4. The Morgan fingerprint density at radius 2 is 1.95 bits per heavy atom. The van der Waals surface area contributed by atoms with Crippen LogP contribution in [0.25, 0.3) is 0 Å². The highest BCUT2D eigenvalue weighted by atomic mass is 32.2. The van der Waals surface area contributed by atoms with Crippen LogP contribution in [0.2, 0.25) is 0 Å². The highest BCUT2D eigenvalue weighted by Crippen LogP contribution is 2.29. The molecule has 1 N–H and O–H groups in total. The maximum Gasteiger partial charge on any atom is 0.224 e. The van der Waals surface area contributed by atoms with Gasteiger partial charge in [-0.05, 0) is 30.5 Å². The van der Waals surface area contributed by atoms with Gasteiger partial charge in [0.2, 0.25) is 5.91 Å². The number of rotatable bonds is 8. The number of nitrogens with one attached hydrogen (secondary N) is 1. The molecule has 0 aliphatic heterocycles. The van der Waals surface area contributed by atoms with Gasteiger partial charge in [0.15, 0.2) is 11.5 Å². The number of benzene rings is 1. The number of hydrogen-bond acceptors (Lipinski definition) is 4. The molecule has 122 valence electrons. The lowest BCUT2D eigenvalue weighted by atomic mass is 10.1. The molecule has 0 spiro atoms. The number of carbonyl (C=O) groups is 1. The minimum atomic E-state index is 0.0549. The van der Waals surface area contributed by atoms with Crippen LogP contribution in [0.3, 0.4) is 0 Å². The van der Waals surface area contributed by atoms with Crippen LogP contribution in [0.5, 0.6) is 11.5 Å². The molecule has 0 aromatic heterocycles. The molecule has 1 fully saturated rings. The highest BCUT2D eigenvalue weighted by molar-refractivity contribution is 7.99. The lowest BCUT2D eigenvalue weighted by molar-refractivity contribution is -0.120. The standard InChI is InChI=1S/C17H25NO3S/c1-20-15-8-7-13(11-16(15)21-2)12-17(19)18-9-10-22-14-5-3-4-6-14/h7-8,11,14H,3-6,9-10,12H2,1-2H3,(H,18,19). The summed E-state index contributed by atoms with van der Waals surface area (Å²) in [5, 5.41) is 3.80. The summed E-state index contributed by atoms with van der Waals surface area (Å²) >= 11 is 1.99. The molecule has 22 heavy (non-hydrogen) atoms. The molecule has 0 atom stereocenters. The summed E-state index contributed by atoms with van der Waals surface area (Å²) in [4.78, 5) is 12.0. The Balaban J connectivity index is 1.72. The third-order valence-electron chi connectivity index (χ3n) is 3.89. The summed E-state index contributed by atoms with van der Waals surface area (Å²) in [5.41, 5.74) is 0.929. The van der Waals surface area contributed by atoms with Crippen LogP contribution < -0.4 is 14.8 Å². The molecule has 1 aliphatic rings. The van der Waals surface area contributed by atoms with E-state index in [1.54, 1.807) is 14.2 Å². The Morgan fingerprint density at radius 1 is 1.23 bits per heavy atom. The van der Waals surface area contributed by atoms with E-state index in [9.17, 15) is 4.79 Å². The van der Waals surface area contributed by atoms with E-state index in [1.165, 1.54) is 25.7 Å². The molecule has 1 aliphatic carbocycles. The second kappa shape index (κ2) is 8.93. The van der Waals surface area contributed by atoms with Crippen LogP contribution in [0.1, 0.15) is 31.2 Å². The summed E-state index contributed by atoms with van der Waals surface area (Å²) in [7, 11) is 3.20. The third-order valence-corrected chi connectivity index (χ3v) is 5.28. The Bertz CT molecular complexity index is 487. The first kappa shape index (κ1) is 17.0. The van der Waals surface area contributed by atoms with E-state index in [2.05, 4.69) is 5.32 Å². The molecular weight excluding hydrogens is 298 g/mol. The van der Waals surface area contributed by atoms with E-state index in [0.29, 0.717) is 17.9 Å². The zero-order valence-electron chi connectivity index (χ0n) is 13.4. The summed E-state index contributed by atoms with van der Waals surface area (Å²) in [6.45, 7) is 0.743. The van der Waals surface area contributed by atoms with Gasteiger partial charge in [-0.3, -0.25) is 4.79 Å². The van der Waals surface area contributed by atoms with Crippen LogP contribution in [-0.2, 0) is 11.2 Å². The van der Waals surface area contributed by atoms with Gasteiger partial charge in [0.05, 0.1) is 20.6 Å². The van der Waals surface area contributed by atoms with Crippen LogP contribution >= 0.6 is 11.8 Å². The molecule has 2 rings (SSSR count). The van der Waals surface area contributed by atoms with E-state index in [1.807, 2.05) is 30.0 Å². The van der Waals surface area contributed by atoms with Gasteiger partial charge < -0.3 is 14.8 Å². The monoisotopic (exact) mass is 323 g/mol. The maximum atomic E-state index is 12.0.